The summed E-state index contributed by atoms with van der Waals surface area (Å²) in [6, 6.07) is 16.4. The highest BCUT2D eigenvalue weighted by Gasteiger charge is 2.24. The van der Waals surface area contributed by atoms with Gasteiger partial charge in [-0.3, -0.25) is 0 Å². The normalized spacial score (nSPS) is 11.8. The Morgan fingerprint density at radius 1 is 0.857 bits per heavy atom. The first kappa shape index (κ1) is 16.9. The molecule has 0 unspecified atom stereocenters. The summed E-state index contributed by atoms with van der Waals surface area (Å²) in [5.74, 6) is -1.67. The third-order valence-electron chi connectivity index (χ3n) is 5.68. The van der Waals surface area contributed by atoms with E-state index in [2.05, 4.69) is 26.0 Å². The molecule has 0 saturated heterocycles. The predicted octanol–water partition coefficient (Wildman–Crippen LogP) is 6.13. The SMILES string of the molecule is Cc1cc2c(oc3ccccc32)c(-c2ccc3c(F)c(F)ccc3[n+]2C)c1C. The second-order valence-electron chi connectivity index (χ2n) is 7.24. The maximum absolute atomic E-state index is 14.2. The molecule has 2 nitrogen and oxygen atoms in total. The molecule has 0 radical (unpaired) electrons. The minimum absolute atomic E-state index is 0.261. The molecule has 0 bridgehead atoms. The lowest BCUT2D eigenvalue weighted by atomic mass is 9.96. The summed E-state index contributed by atoms with van der Waals surface area (Å²) in [6.07, 6.45) is 0. The minimum Gasteiger partial charge on any atom is -0.455 e. The van der Waals surface area contributed by atoms with E-state index in [1.54, 1.807) is 12.1 Å². The van der Waals surface area contributed by atoms with E-state index in [0.29, 0.717) is 5.52 Å². The van der Waals surface area contributed by atoms with Gasteiger partial charge in [-0.25, -0.2) is 8.78 Å². The highest BCUT2D eigenvalue weighted by Crippen LogP contribution is 2.38. The Balaban J connectivity index is 1.93. The molecule has 138 valence electrons. The maximum atomic E-state index is 14.2. The minimum atomic E-state index is -0.841. The molecular weight excluding hydrogens is 356 g/mol. The molecule has 0 aliphatic rings. The second-order valence-corrected chi connectivity index (χ2v) is 7.24. The predicted molar refractivity (Wildman–Crippen MR) is 107 cm³/mol. The van der Waals surface area contributed by atoms with Crippen molar-refractivity contribution < 1.29 is 17.8 Å². The molecule has 5 rings (SSSR count). The molecule has 2 heterocycles. The van der Waals surface area contributed by atoms with Gasteiger partial charge < -0.3 is 4.42 Å². The molecule has 3 aromatic carbocycles. The van der Waals surface area contributed by atoms with Crippen LogP contribution < -0.4 is 4.57 Å². The number of nitrogens with zero attached hydrogens (tertiary/aromatic N) is 1. The summed E-state index contributed by atoms with van der Waals surface area (Å²) in [5.41, 5.74) is 6.39. The Bertz CT molecular complexity index is 1420. The van der Waals surface area contributed by atoms with Crippen molar-refractivity contribution >= 4 is 32.8 Å². The molecular formula is C24H18F2NO+. The third-order valence-corrected chi connectivity index (χ3v) is 5.68. The molecule has 28 heavy (non-hydrogen) atoms. The number of halogens is 2. The lowest BCUT2D eigenvalue weighted by Crippen LogP contribution is -2.32. The monoisotopic (exact) mass is 374 g/mol. The van der Waals surface area contributed by atoms with Crippen LogP contribution in [0.1, 0.15) is 11.1 Å². The second kappa shape index (κ2) is 5.86. The fourth-order valence-corrected chi connectivity index (χ4v) is 4.06. The van der Waals surface area contributed by atoms with Crippen LogP contribution in [0.4, 0.5) is 8.78 Å². The molecule has 4 heteroatoms. The quantitative estimate of drug-likeness (QED) is 0.323. The van der Waals surface area contributed by atoms with Crippen molar-refractivity contribution in [3.05, 3.63) is 77.4 Å². The number of fused-ring (bicyclic) bond motifs is 4. The van der Waals surface area contributed by atoms with Gasteiger partial charge in [0, 0.05) is 22.9 Å². The molecule has 0 fully saturated rings. The molecule has 0 saturated carbocycles. The fourth-order valence-electron chi connectivity index (χ4n) is 4.06. The molecule has 0 aliphatic heterocycles. The van der Waals surface area contributed by atoms with Crippen LogP contribution in [-0.2, 0) is 7.05 Å². The average molecular weight is 374 g/mol. The molecule has 0 aliphatic carbocycles. The third kappa shape index (κ3) is 2.21. The van der Waals surface area contributed by atoms with Gasteiger partial charge >= 0.3 is 0 Å². The van der Waals surface area contributed by atoms with Gasteiger partial charge in [-0.05, 0) is 49.2 Å². The van der Waals surface area contributed by atoms with Gasteiger partial charge in [0.15, 0.2) is 11.6 Å². The lowest BCUT2D eigenvalue weighted by Gasteiger charge is -2.10. The zero-order valence-corrected chi connectivity index (χ0v) is 15.8. The smallest absolute Gasteiger partial charge is 0.216 e. The van der Waals surface area contributed by atoms with Gasteiger partial charge in [0.25, 0.3) is 0 Å². The number of furan rings is 1. The molecule has 0 atom stereocenters. The fraction of sp³-hybridized carbons (Fsp3) is 0.125. The summed E-state index contributed by atoms with van der Waals surface area (Å²) >= 11 is 0. The van der Waals surface area contributed by atoms with Crippen LogP contribution in [0.25, 0.3) is 44.1 Å². The van der Waals surface area contributed by atoms with E-state index in [0.717, 1.165) is 44.3 Å². The number of benzene rings is 3. The van der Waals surface area contributed by atoms with Crippen LogP contribution in [0.3, 0.4) is 0 Å². The van der Waals surface area contributed by atoms with Crippen LogP contribution in [0.2, 0.25) is 0 Å². The summed E-state index contributed by atoms with van der Waals surface area (Å²) in [5, 5.41) is 2.38. The maximum Gasteiger partial charge on any atom is 0.216 e. The van der Waals surface area contributed by atoms with E-state index >= 15 is 0 Å². The Kier molecular flexibility index (Phi) is 3.53. The molecule has 0 spiro atoms. The van der Waals surface area contributed by atoms with E-state index in [1.165, 1.54) is 6.07 Å². The zero-order chi connectivity index (χ0) is 19.6. The summed E-state index contributed by atoms with van der Waals surface area (Å²) < 4.78 is 36.0. The van der Waals surface area contributed by atoms with Gasteiger partial charge in [0.05, 0.1) is 10.9 Å². The van der Waals surface area contributed by atoms with E-state index in [4.69, 9.17) is 4.42 Å². The Labute approximate surface area is 160 Å². The van der Waals surface area contributed by atoms with Crippen LogP contribution in [-0.4, -0.2) is 0 Å². The van der Waals surface area contributed by atoms with Crippen molar-refractivity contribution in [3.8, 4) is 11.3 Å². The van der Waals surface area contributed by atoms with Gasteiger partial charge in [0.1, 0.15) is 18.2 Å². The van der Waals surface area contributed by atoms with Crippen molar-refractivity contribution in [2.75, 3.05) is 0 Å². The molecule has 0 N–H and O–H groups in total. The first-order chi connectivity index (χ1) is 13.5. The van der Waals surface area contributed by atoms with Gasteiger partial charge in [-0.15, -0.1) is 0 Å². The van der Waals surface area contributed by atoms with Crippen molar-refractivity contribution in [1.82, 2.24) is 0 Å². The number of pyridine rings is 1. The standard InChI is InChI=1S/C24H18F2NO/c1-13-12-17-15-6-4-5-7-21(15)28-24(17)22(14(13)2)20-10-8-16-19(27(20)3)11-9-18(25)23(16)26/h4-12H,1-3H3/q+1. The first-order valence-corrected chi connectivity index (χ1v) is 9.16. The van der Waals surface area contributed by atoms with Gasteiger partial charge in [-0.2, -0.15) is 4.57 Å². The topological polar surface area (TPSA) is 17.0 Å². The molecule has 2 aromatic heterocycles. The Morgan fingerprint density at radius 3 is 2.46 bits per heavy atom. The summed E-state index contributed by atoms with van der Waals surface area (Å²) in [6.45, 7) is 4.14. The summed E-state index contributed by atoms with van der Waals surface area (Å²) in [7, 11) is 1.87. The number of hydrogen-bond donors (Lipinski definition) is 0. The van der Waals surface area contributed by atoms with Crippen molar-refractivity contribution in [2.24, 2.45) is 7.05 Å². The Hall–Kier alpha value is -3.27. The van der Waals surface area contributed by atoms with E-state index in [1.807, 2.05) is 35.9 Å². The molecule has 5 aromatic rings. The summed E-state index contributed by atoms with van der Waals surface area (Å²) in [4.78, 5) is 0. The zero-order valence-electron chi connectivity index (χ0n) is 15.8. The van der Waals surface area contributed by atoms with E-state index < -0.39 is 11.6 Å². The largest absolute Gasteiger partial charge is 0.455 e. The van der Waals surface area contributed by atoms with E-state index in [-0.39, 0.29) is 5.39 Å². The number of aromatic nitrogens is 1. The molecule has 0 amide bonds. The highest BCUT2D eigenvalue weighted by atomic mass is 19.2. The van der Waals surface area contributed by atoms with Gasteiger partial charge in [-0.1, -0.05) is 18.2 Å². The first-order valence-electron chi connectivity index (χ1n) is 9.16. The number of hydrogen-bond acceptors (Lipinski definition) is 1. The number of aryl methyl sites for hydroxylation is 2. The highest BCUT2D eigenvalue weighted by molar-refractivity contribution is 6.10. The van der Waals surface area contributed by atoms with Gasteiger partial charge in [0.2, 0.25) is 11.2 Å². The van der Waals surface area contributed by atoms with Crippen LogP contribution >= 0.6 is 0 Å². The lowest BCUT2D eigenvalue weighted by molar-refractivity contribution is -0.633. The van der Waals surface area contributed by atoms with E-state index in [9.17, 15) is 8.78 Å². The van der Waals surface area contributed by atoms with Crippen LogP contribution in [0.5, 0.6) is 0 Å². The van der Waals surface area contributed by atoms with Crippen molar-refractivity contribution in [1.29, 1.82) is 0 Å². The number of rotatable bonds is 1. The van der Waals surface area contributed by atoms with Crippen molar-refractivity contribution in [2.45, 2.75) is 13.8 Å². The van der Waals surface area contributed by atoms with Crippen molar-refractivity contribution in [3.63, 3.8) is 0 Å². The Morgan fingerprint density at radius 2 is 1.64 bits per heavy atom. The van der Waals surface area contributed by atoms with Crippen LogP contribution in [0.15, 0.2) is 59.0 Å². The number of para-hydroxylation sites is 1. The average Bonchev–Trinajstić information content (AvgIpc) is 3.05. The van der Waals surface area contributed by atoms with Crippen LogP contribution in [0, 0.1) is 25.5 Å².